The third-order valence-corrected chi connectivity index (χ3v) is 5.36. The van der Waals surface area contributed by atoms with Crippen LogP contribution < -0.4 is 0 Å². The number of halogens is 3. The molecule has 0 N–H and O–H groups in total. The number of nitro benzene ring substituents is 1. The van der Waals surface area contributed by atoms with Gasteiger partial charge in [-0.1, -0.05) is 41.0 Å². The first-order valence-corrected chi connectivity index (χ1v) is 9.27. The Morgan fingerprint density at radius 1 is 1.14 bits per heavy atom. The summed E-state index contributed by atoms with van der Waals surface area (Å²) in [5, 5.41) is 29.7. The molecule has 2 aromatic carbocycles. The van der Waals surface area contributed by atoms with E-state index in [-0.39, 0.29) is 10.6 Å². The van der Waals surface area contributed by atoms with Crippen LogP contribution >= 0.6 is 35.0 Å². The Morgan fingerprint density at radius 2 is 1.86 bits per heavy atom. The zero-order valence-corrected chi connectivity index (χ0v) is 16.2. The van der Waals surface area contributed by atoms with Crippen LogP contribution in [0.2, 0.25) is 10.0 Å². The van der Waals surface area contributed by atoms with E-state index in [2.05, 4.69) is 16.3 Å². The van der Waals surface area contributed by atoms with Crippen LogP contribution in [0.15, 0.2) is 58.5 Å². The highest BCUT2D eigenvalue weighted by atomic mass is 35.5. The van der Waals surface area contributed by atoms with E-state index >= 15 is 0 Å². The Kier molecular flexibility index (Phi) is 6.09. The molecule has 1 heterocycles. The molecular formula is C18H9Cl2FN4O2S. The van der Waals surface area contributed by atoms with E-state index in [0.29, 0.717) is 26.3 Å². The van der Waals surface area contributed by atoms with Crippen molar-refractivity contribution >= 4 is 40.7 Å². The monoisotopic (exact) mass is 434 g/mol. The second-order valence-corrected chi connectivity index (χ2v) is 7.34. The van der Waals surface area contributed by atoms with Gasteiger partial charge in [-0.05, 0) is 36.4 Å². The van der Waals surface area contributed by atoms with Gasteiger partial charge in [0.15, 0.2) is 0 Å². The summed E-state index contributed by atoms with van der Waals surface area (Å²) >= 11 is 13.3. The van der Waals surface area contributed by atoms with Crippen LogP contribution in [0, 0.1) is 27.3 Å². The first-order valence-electron chi connectivity index (χ1n) is 7.69. The molecule has 1 atom stereocenters. The first kappa shape index (κ1) is 20.0. The van der Waals surface area contributed by atoms with Crippen molar-refractivity contribution in [2.75, 3.05) is 0 Å². The Bertz CT molecular complexity index is 1070. The van der Waals surface area contributed by atoms with Crippen LogP contribution in [0.3, 0.4) is 0 Å². The minimum Gasteiger partial charge on any atom is -0.258 e. The molecule has 6 nitrogen and oxygen atoms in total. The fourth-order valence-corrected chi connectivity index (χ4v) is 3.87. The van der Waals surface area contributed by atoms with Crippen molar-refractivity contribution in [1.29, 1.82) is 5.26 Å². The summed E-state index contributed by atoms with van der Waals surface area (Å²) in [6.45, 7) is 0. The SMILES string of the molecule is N#CC(c1ccc(Sc2ccc(F)cc2[N+](=O)[O-])nn1)c1c(Cl)cccc1Cl. The van der Waals surface area contributed by atoms with Crippen molar-refractivity contribution in [2.45, 2.75) is 15.8 Å². The molecule has 0 saturated heterocycles. The van der Waals surface area contributed by atoms with Gasteiger partial charge in [0.05, 0.1) is 27.6 Å². The molecule has 0 saturated carbocycles. The molecule has 0 amide bonds. The molecular weight excluding hydrogens is 426 g/mol. The average molecular weight is 435 g/mol. The zero-order chi connectivity index (χ0) is 20.3. The zero-order valence-electron chi connectivity index (χ0n) is 13.8. The van der Waals surface area contributed by atoms with Crippen LogP contribution in [0.25, 0.3) is 0 Å². The molecule has 0 fully saturated rings. The van der Waals surface area contributed by atoms with E-state index in [4.69, 9.17) is 23.2 Å². The molecule has 1 aromatic heterocycles. The second-order valence-electron chi connectivity index (χ2n) is 5.47. The number of nitrogens with zero attached hydrogens (tertiary/aromatic N) is 4. The Labute approximate surface area is 173 Å². The van der Waals surface area contributed by atoms with Crippen LogP contribution in [0.5, 0.6) is 0 Å². The molecule has 10 heteroatoms. The topological polar surface area (TPSA) is 92.7 Å². The van der Waals surface area contributed by atoms with E-state index in [1.54, 1.807) is 30.3 Å². The number of hydrogen-bond donors (Lipinski definition) is 0. The van der Waals surface area contributed by atoms with Gasteiger partial charge in [0.1, 0.15) is 16.8 Å². The lowest BCUT2D eigenvalue weighted by molar-refractivity contribution is -0.387. The third-order valence-electron chi connectivity index (χ3n) is 3.71. The maximum absolute atomic E-state index is 13.3. The summed E-state index contributed by atoms with van der Waals surface area (Å²) in [7, 11) is 0. The van der Waals surface area contributed by atoms with Crippen LogP contribution in [0.1, 0.15) is 17.2 Å². The smallest absolute Gasteiger partial charge is 0.258 e. The van der Waals surface area contributed by atoms with E-state index in [0.717, 1.165) is 23.9 Å². The van der Waals surface area contributed by atoms with Crippen molar-refractivity contribution in [3.05, 3.63) is 85.8 Å². The normalized spacial score (nSPS) is 11.6. The lowest BCUT2D eigenvalue weighted by Gasteiger charge is -2.12. The number of benzene rings is 2. The van der Waals surface area contributed by atoms with E-state index in [1.807, 2.05) is 0 Å². The maximum Gasteiger partial charge on any atom is 0.286 e. The number of hydrogen-bond acceptors (Lipinski definition) is 6. The molecule has 0 spiro atoms. The van der Waals surface area contributed by atoms with Crippen LogP contribution in [-0.2, 0) is 0 Å². The summed E-state index contributed by atoms with van der Waals surface area (Å²) in [5.74, 6) is -1.53. The van der Waals surface area contributed by atoms with Gasteiger partial charge in [0.25, 0.3) is 5.69 Å². The molecule has 0 bridgehead atoms. The fraction of sp³-hybridized carbons (Fsp3) is 0.0556. The molecule has 140 valence electrons. The van der Waals surface area contributed by atoms with Gasteiger partial charge in [0.2, 0.25) is 0 Å². The average Bonchev–Trinajstić information content (AvgIpc) is 2.67. The summed E-state index contributed by atoms with van der Waals surface area (Å²) in [4.78, 5) is 10.6. The van der Waals surface area contributed by atoms with Crippen molar-refractivity contribution in [2.24, 2.45) is 0 Å². The molecule has 0 aliphatic rings. The summed E-state index contributed by atoms with van der Waals surface area (Å²) < 4.78 is 13.3. The largest absolute Gasteiger partial charge is 0.286 e. The summed E-state index contributed by atoms with van der Waals surface area (Å²) in [6, 6.07) is 13.4. The molecule has 28 heavy (non-hydrogen) atoms. The van der Waals surface area contributed by atoms with E-state index < -0.39 is 16.7 Å². The molecule has 0 aliphatic carbocycles. The number of rotatable bonds is 5. The van der Waals surface area contributed by atoms with Gasteiger partial charge >= 0.3 is 0 Å². The van der Waals surface area contributed by atoms with Gasteiger partial charge in [-0.15, -0.1) is 5.10 Å². The van der Waals surface area contributed by atoms with Crippen molar-refractivity contribution in [3.63, 3.8) is 0 Å². The van der Waals surface area contributed by atoms with E-state index in [1.165, 1.54) is 6.07 Å². The van der Waals surface area contributed by atoms with Gasteiger partial charge in [-0.25, -0.2) is 4.39 Å². The van der Waals surface area contributed by atoms with Gasteiger partial charge in [0, 0.05) is 15.6 Å². The summed E-state index contributed by atoms with van der Waals surface area (Å²) in [6.07, 6.45) is 0. The molecule has 3 rings (SSSR count). The van der Waals surface area contributed by atoms with Crippen LogP contribution in [-0.4, -0.2) is 15.1 Å². The highest BCUT2D eigenvalue weighted by Crippen LogP contribution is 2.36. The second kappa shape index (κ2) is 8.52. The number of aromatic nitrogens is 2. The summed E-state index contributed by atoms with van der Waals surface area (Å²) in [5.41, 5.74) is 0.390. The lowest BCUT2D eigenvalue weighted by Crippen LogP contribution is -2.04. The Morgan fingerprint density at radius 3 is 2.43 bits per heavy atom. The predicted molar refractivity (Wildman–Crippen MR) is 103 cm³/mol. The van der Waals surface area contributed by atoms with Crippen molar-refractivity contribution < 1.29 is 9.31 Å². The quantitative estimate of drug-likeness (QED) is 0.381. The number of nitriles is 1. The Hall–Kier alpha value is -2.73. The van der Waals surface area contributed by atoms with Crippen molar-refractivity contribution in [3.8, 4) is 6.07 Å². The third kappa shape index (κ3) is 4.22. The highest BCUT2D eigenvalue weighted by molar-refractivity contribution is 7.99. The van der Waals surface area contributed by atoms with Crippen molar-refractivity contribution in [1.82, 2.24) is 10.2 Å². The van der Waals surface area contributed by atoms with E-state index in [9.17, 15) is 19.8 Å². The molecule has 1 unspecified atom stereocenters. The Balaban J connectivity index is 1.90. The molecule has 0 aliphatic heterocycles. The van der Waals surface area contributed by atoms with Gasteiger partial charge in [-0.2, -0.15) is 10.4 Å². The van der Waals surface area contributed by atoms with Gasteiger partial charge in [-0.3, -0.25) is 10.1 Å². The minimum absolute atomic E-state index is 0.222. The predicted octanol–water partition coefficient (Wildman–Crippen LogP) is 5.64. The minimum atomic E-state index is -0.826. The fourth-order valence-electron chi connectivity index (χ4n) is 2.44. The maximum atomic E-state index is 13.3. The lowest BCUT2D eigenvalue weighted by atomic mass is 9.97. The first-order chi connectivity index (χ1) is 13.4. The van der Waals surface area contributed by atoms with Gasteiger partial charge < -0.3 is 0 Å². The van der Waals surface area contributed by atoms with Crippen LogP contribution in [0.4, 0.5) is 10.1 Å². The molecule has 3 aromatic rings. The standard InChI is InChI=1S/C18H9Cl2FN4O2S/c19-12-2-1-3-13(20)18(12)11(9-22)14-5-7-17(24-23-14)28-16-6-4-10(21)8-15(16)25(26)27/h1-8,11H. The number of nitro groups is 1. The molecule has 0 radical (unpaired) electrons. The highest BCUT2D eigenvalue weighted by Gasteiger charge is 2.22.